The first-order valence-electron chi connectivity index (χ1n) is 7.03. The quantitative estimate of drug-likeness (QED) is 0.234. The maximum absolute atomic E-state index is 12.0. The van der Waals surface area contributed by atoms with E-state index in [0.29, 0.717) is 29.4 Å². The van der Waals surface area contributed by atoms with Crippen LogP contribution < -0.4 is 5.32 Å². The van der Waals surface area contributed by atoms with E-state index in [1.165, 1.54) is 0 Å². The molecule has 1 aromatic rings. The van der Waals surface area contributed by atoms with Crippen LogP contribution in [0.5, 0.6) is 5.75 Å². The minimum Gasteiger partial charge on any atom is -0.506 e. The second kappa shape index (κ2) is 9.87. The van der Waals surface area contributed by atoms with E-state index in [0.717, 1.165) is 3.57 Å². The fourth-order valence-electron chi connectivity index (χ4n) is 1.94. The molecule has 0 unspecified atom stereocenters. The fourth-order valence-corrected chi connectivity index (χ4v) is 4.33. The summed E-state index contributed by atoms with van der Waals surface area (Å²) >= 11 is 4.02. The van der Waals surface area contributed by atoms with Crippen LogP contribution in [0.1, 0.15) is 36.0 Å². The third-order valence-electron chi connectivity index (χ3n) is 3.03. The summed E-state index contributed by atoms with van der Waals surface area (Å²) < 4.78 is 31.0. The predicted octanol–water partition coefficient (Wildman–Crippen LogP) is 2.35. The third-order valence-corrected chi connectivity index (χ3v) is 5.17. The van der Waals surface area contributed by atoms with Crippen LogP contribution in [-0.4, -0.2) is 42.1 Å². The van der Waals surface area contributed by atoms with Crippen molar-refractivity contribution in [3.63, 3.8) is 0 Å². The van der Waals surface area contributed by atoms with Gasteiger partial charge in [0.25, 0.3) is 16.0 Å². The summed E-state index contributed by atoms with van der Waals surface area (Å²) in [7, 11) is -4.26. The summed E-state index contributed by atoms with van der Waals surface area (Å²) in [5.74, 6) is -1.80. The average molecular weight is 581 g/mol. The van der Waals surface area contributed by atoms with Gasteiger partial charge in [-0.25, -0.2) is 0 Å². The number of ketones is 1. The minimum absolute atomic E-state index is 0.0516. The lowest BCUT2D eigenvalue weighted by Gasteiger charge is -2.08. The highest BCUT2D eigenvalue weighted by molar-refractivity contribution is 14.1. The number of amides is 1. The smallest absolute Gasteiger partial charge is 0.272 e. The number of phenols is 1. The number of carbonyl (C=O) groups is 2. The molecule has 0 radical (unpaired) electrons. The molecule has 1 amide bonds. The number of Topliss-reactive ketones (excluding diaryl/α,β-unsaturated/α-hetero) is 1. The van der Waals surface area contributed by atoms with E-state index >= 15 is 0 Å². The van der Waals surface area contributed by atoms with Crippen molar-refractivity contribution in [2.24, 2.45) is 0 Å². The molecule has 0 aliphatic heterocycles. The third kappa shape index (κ3) is 8.07. The molecule has 3 N–H and O–H groups in total. The van der Waals surface area contributed by atoms with Gasteiger partial charge in [-0.1, -0.05) is 6.42 Å². The van der Waals surface area contributed by atoms with Gasteiger partial charge < -0.3 is 10.4 Å². The Hall–Kier alpha value is -0.470. The Balaban J connectivity index is 2.31. The van der Waals surface area contributed by atoms with Gasteiger partial charge in [0.2, 0.25) is 0 Å². The van der Waals surface area contributed by atoms with Crippen LogP contribution in [0.15, 0.2) is 12.1 Å². The molecule has 0 saturated heterocycles. The highest BCUT2D eigenvalue weighted by Gasteiger charge is 2.15. The Kier molecular flexibility index (Phi) is 8.87. The molecule has 1 aromatic carbocycles. The van der Waals surface area contributed by atoms with Gasteiger partial charge in [0.15, 0.2) is 0 Å². The Morgan fingerprint density at radius 1 is 1.12 bits per heavy atom. The minimum atomic E-state index is -4.26. The molecule has 0 spiro atoms. The van der Waals surface area contributed by atoms with Crippen LogP contribution in [-0.2, 0) is 14.9 Å². The van der Waals surface area contributed by atoms with Gasteiger partial charge in [0.1, 0.15) is 17.3 Å². The predicted molar refractivity (Wildman–Crippen MR) is 106 cm³/mol. The van der Waals surface area contributed by atoms with Gasteiger partial charge in [-0.15, -0.1) is 0 Å². The first-order valence-corrected chi connectivity index (χ1v) is 10.8. The van der Waals surface area contributed by atoms with Crippen molar-refractivity contribution in [3.8, 4) is 5.75 Å². The lowest BCUT2D eigenvalue weighted by atomic mass is 10.1. The molecule has 10 heteroatoms. The molecule has 24 heavy (non-hydrogen) atoms. The van der Waals surface area contributed by atoms with Gasteiger partial charge in [0.05, 0.1) is 9.13 Å². The van der Waals surface area contributed by atoms with Crippen LogP contribution >= 0.6 is 45.2 Å². The van der Waals surface area contributed by atoms with Crippen molar-refractivity contribution < 1.29 is 27.7 Å². The highest BCUT2D eigenvalue weighted by Crippen LogP contribution is 2.26. The van der Waals surface area contributed by atoms with Crippen molar-refractivity contribution in [2.75, 3.05) is 12.3 Å². The number of unbranched alkanes of at least 4 members (excludes halogenated alkanes) is 2. The Morgan fingerprint density at radius 2 is 1.79 bits per heavy atom. The first-order chi connectivity index (χ1) is 11.1. The van der Waals surface area contributed by atoms with E-state index in [2.05, 4.69) is 27.9 Å². The van der Waals surface area contributed by atoms with Crippen LogP contribution in [0.4, 0.5) is 0 Å². The normalized spacial score (nSPS) is 11.3. The topological polar surface area (TPSA) is 121 Å². The van der Waals surface area contributed by atoms with Crippen molar-refractivity contribution >= 4 is 67.0 Å². The second-order valence-electron chi connectivity index (χ2n) is 5.12. The Bertz CT molecular complexity index is 720. The maximum atomic E-state index is 12.0. The van der Waals surface area contributed by atoms with Gasteiger partial charge in [-0.05, 0) is 70.2 Å². The summed E-state index contributed by atoms with van der Waals surface area (Å²) in [5, 5.41) is 12.6. The monoisotopic (exact) mass is 581 g/mol. The number of aromatic hydroxyl groups is 1. The van der Waals surface area contributed by atoms with Gasteiger partial charge in [-0.3, -0.25) is 14.1 Å². The molecule has 7 nitrogen and oxygen atoms in total. The lowest BCUT2D eigenvalue weighted by Crippen LogP contribution is -2.24. The number of hydrogen-bond acceptors (Lipinski definition) is 5. The largest absolute Gasteiger partial charge is 0.506 e. The van der Waals surface area contributed by atoms with Gasteiger partial charge in [-0.2, -0.15) is 8.42 Å². The second-order valence-corrected chi connectivity index (χ2v) is 8.98. The van der Waals surface area contributed by atoms with Crippen molar-refractivity contribution in [1.82, 2.24) is 5.32 Å². The van der Waals surface area contributed by atoms with Crippen LogP contribution in [0.25, 0.3) is 0 Å². The average Bonchev–Trinajstić information content (AvgIpc) is 2.44. The molecule has 0 bridgehead atoms. The molecular formula is C14H17I2NO6S. The lowest BCUT2D eigenvalue weighted by molar-refractivity contribution is -0.116. The molecule has 0 heterocycles. The number of nitrogens with one attached hydrogen (secondary N) is 1. The summed E-state index contributed by atoms with van der Waals surface area (Å²) in [6.45, 7) is 0.382. The Labute approximate surface area is 167 Å². The van der Waals surface area contributed by atoms with Crippen LogP contribution in [0.3, 0.4) is 0 Å². The highest BCUT2D eigenvalue weighted by atomic mass is 127. The van der Waals surface area contributed by atoms with Crippen molar-refractivity contribution in [2.45, 2.75) is 25.7 Å². The number of benzene rings is 1. The SMILES string of the molecule is O=C(CCCCCNC(=O)c1cc(I)cc(I)c1O)CS(=O)(=O)O. The summed E-state index contributed by atoms with van der Waals surface area (Å²) in [5.41, 5.74) is 0.217. The summed E-state index contributed by atoms with van der Waals surface area (Å²) in [6.07, 6.45) is 1.81. The van der Waals surface area contributed by atoms with Gasteiger partial charge >= 0.3 is 0 Å². The van der Waals surface area contributed by atoms with Crippen LogP contribution in [0, 0.1) is 7.14 Å². The van der Waals surface area contributed by atoms with Crippen LogP contribution in [0.2, 0.25) is 0 Å². The number of carbonyl (C=O) groups excluding carboxylic acids is 2. The van der Waals surface area contributed by atoms with E-state index in [4.69, 9.17) is 4.55 Å². The zero-order chi connectivity index (χ0) is 18.3. The molecule has 0 aliphatic carbocycles. The number of rotatable bonds is 9. The zero-order valence-corrected chi connectivity index (χ0v) is 17.7. The molecule has 0 saturated carbocycles. The number of phenolic OH excluding ortho intramolecular Hbond substituents is 1. The Morgan fingerprint density at radius 3 is 2.42 bits per heavy atom. The molecule has 1 rings (SSSR count). The molecular weight excluding hydrogens is 564 g/mol. The number of halogens is 2. The molecule has 0 atom stereocenters. The maximum Gasteiger partial charge on any atom is 0.272 e. The fraction of sp³-hybridized carbons (Fsp3) is 0.429. The van der Waals surface area contributed by atoms with E-state index in [1.807, 2.05) is 22.6 Å². The molecule has 0 aliphatic rings. The summed E-state index contributed by atoms with van der Waals surface area (Å²) in [4.78, 5) is 23.3. The summed E-state index contributed by atoms with van der Waals surface area (Å²) in [6, 6.07) is 3.36. The van der Waals surface area contributed by atoms with Gasteiger partial charge in [0, 0.05) is 16.5 Å². The molecule has 134 valence electrons. The molecule has 0 fully saturated rings. The zero-order valence-electron chi connectivity index (χ0n) is 12.6. The van der Waals surface area contributed by atoms with Crippen molar-refractivity contribution in [3.05, 3.63) is 24.8 Å². The van der Waals surface area contributed by atoms with E-state index in [9.17, 15) is 23.1 Å². The van der Waals surface area contributed by atoms with E-state index in [-0.39, 0.29) is 23.6 Å². The standard InChI is InChI=1S/C14H17I2NO6S/c15-9-6-11(13(19)12(16)7-9)14(20)17-5-3-1-2-4-10(18)8-24(21,22)23/h6-7,19H,1-5,8H2,(H,17,20)(H,21,22,23). The van der Waals surface area contributed by atoms with E-state index in [1.54, 1.807) is 12.1 Å². The first kappa shape index (κ1) is 21.6. The van der Waals surface area contributed by atoms with E-state index < -0.39 is 21.7 Å². The van der Waals surface area contributed by atoms with Crippen molar-refractivity contribution in [1.29, 1.82) is 0 Å². The molecule has 0 aromatic heterocycles. The number of hydrogen-bond donors (Lipinski definition) is 3.